The Labute approximate surface area is 170 Å². The number of likely N-dealkylation sites (tertiary alicyclic amines) is 1. The molecule has 0 spiro atoms. The van der Waals surface area contributed by atoms with Gasteiger partial charge in [-0.1, -0.05) is 18.2 Å². The Morgan fingerprint density at radius 3 is 2.07 bits per heavy atom. The Bertz CT molecular complexity index is 956. The third kappa shape index (κ3) is 4.49. The number of methoxy groups -OCH3 is 3. The van der Waals surface area contributed by atoms with Gasteiger partial charge >= 0.3 is 0 Å². The molecule has 152 valence electrons. The first kappa shape index (κ1) is 20.6. The lowest BCUT2D eigenvalue weighted by atomic mass is 9.94. The number of nitrogens with zero attached hydrogens (tertiary/aromatic N) is 1. The van der Waals surface area contributed by atoms with Gasteiger partial charge in [0.1, 0.15) is 5.82 Å². The van der Waals surface area contributed by atoms with Crippen LogP contribution < -0.4 is 14.2 Å². The zero-order valence-electron chi connectivity index (χ0n) is 17.0. The van der Waals surface area contributed by atoms with Crippen LogP contribution in [0.3, 0.4) is 0 Å². The lowest BCUT2D eigenvalue weighted by molar-refractivity contribution is -0.113. The lowest BCUT2D eigenvalue weighted by Gasteiger charge is -2.26. The number of carbonyl (C=O) groups excluding carboxylic acids is 1. The molecule has 1 aliphatic heterocycles. The van der Waals surface area contributed by atoms with Crippen LogP contribution >= 0.6 is 0 Å². The molecule has 2 aromatic carbocycles. The van der Waals surface area contributed by atoms with E-state index in [1.165, 1.54) is 13.2 Å². The molecule has 1 aliphatic rings. The normalized spacial score (nSPS) is 17.6. The van der Waals surface area contributed by atoms with Gasteiger partial charge in [0, 0.05) is 29.8 Å². The molecule has 29 heavy (non-hydrogen) atoms. The largest absolute Gasteiger partial charge is 0.493 e. The number of rotatable bonds is 5. The highest BCUT2D eigenvalue weighted by atomic mass is 19.1. The first-order valence-electron chi connectivity index (χ1n) is 9.15. The number of ether oxygens (including phenoxy) is 3. The second-order valence-electron chi connectivity index (χ2n) is 6.82. The molecule has 0 bridgehead atoms. The molecule has 0 radical (unpaired) electrons. The van der Waals surface area contributed by atoms with Crippen molar-refractivity contribution < 1.29 is 23.4 Å². The maximum Gasteiger partial charge on any atom is 0.203 e. The standard InChI is InChI=1S/C23H24FNO4/c1-25-13-17(9-15-10-20(27-2)23(29-4)21(11-15)28-3)22(26)18(14-25)12-16-7-5-6-8-19(16)24/h5-12H,13-14H2,1-4H3/b17-9+,18-12+. The number of likely N-dealkylation sites (N-methyl/N-ethyl adjacent to an activating group) is 1. The number of piperidine rings is 1. The molecule has 0 N–H and O–H groups in total. The van der Waals surface area contributed by atoms with Gasteiger partial charge in [-0.25, -0.2) is 4.39 Å². The predicted molar refractivity (Wildman–Crippen MR) is 111 cm³/mol. The lowest BCUT2D eigenvalue weighted by Crippen LogP contribution is -2.34. The first-order valence-corrected chi connectivity index (χ1v) is 9.15. The van der Waals surface area contributed by atoms with Gasteiger partial charge in [0.25, 0.3) is 0 Å². The Morgan fingerprint density at radius 2 is 1.52 bits per heavy atom. The van der Waals surface area contributed by atoms with Crippen LogP contribution in [0.4, 0.5) is 4.39 Å². The van der Waals surface area contributed by atoms with Crippen molar-refractivity contribution in [1.29, 1.82) is 0 Å². The summed E-state index contributed by atoms with van der Waals surface area (Å²) in [6, 6.07) is 10.00. The van der Waals surface area contributed by atoms with Crippen LogP contribution in [0.2, 0.25) is 0 Å². The van der Waals surface area contributed by atoms with Crippen molar-refractivity contribution in [3.05, 3.63) is 64.5 Å². The van der Waals surface area contributed by atoms with Crippen molar-refractivity contribution in [2.45, 2.75) is 0 Å². The number of ketones is 1. The number of hydrogen-bond acceptors (Lipinski definition) is 5. The number of carbonyl (C=O) groups is 1. The second-order valence-corrected chi connectivity index (χ2v) is 6.82. The molecule has 5 nitrogen and oxygen atoms in total. The van der Waals surface area contributed by atoms with E-state index in [1.807, 2.05) is 11.9 Å². The summed E-state index contributed by atoms with van der Waals surface area (Å²) in [4.78, 5) is 15.1. The van der Waals surface area contributed by atoms with Gasteiger partial charge in [-0.05, 0) is 43.0 Å². The fourth-order valence-electron chi connectivity index (χ4n) is 3.38. The summed E-state index contributed by atoms with van der Waals surface area (Å²) in [5.74, 6) is 1.07. The molecule has 0 unspecified atom stereocenters. The molecule has 6 heteroatoms. The number of halogens is 1. The minimum Gasteiger partial charge on any atom is -0.493 e. The topological polar surface area (TPSA) is 48.0 Å². The first-order chi connectivity index (χ1) is 14.0. The van der Waals surface area contributed by atoms with E-state index in [-0.39, 0.29) is 11.6 Å². The van der Waals surface area contributed by atoms with Gasteiger partial charge < -0.3 is 14.2 Å². The van der Waals surface area contributed by atoms with Crippen LogP contribution in [-0.4, -0.2) is 52.1 Å². The van der Waals surface area contributed by atoms with E-state index in [4.69, 9.17) is 14.2 Å². The minimum absolute atomic E-state index is 0.0971. The molecule has 0 amide bonds. The summed E-state index contributed by atoms with van der Waals surface area (Å²) in [6.07, 6.45) is 3.42. The summed E-state index contributed by atoms with van der Waals surface area (Å²) in [7, 11) is 6.55. The maximum atomic E-state index is 14.0. The average molecular weight is 397 g/mol. The summed E-state index contributed by atoms with van der Waals surface area (Å²) in [6.45, 7) is 0.948. The Hall–Kier alpha value is -3.12. The van der Waals surface area contributed by atoms with Gasteiger partial charge in [-0.15, -0.1) is 0 Å². The van der Waals surface area contributed by atoms with Gasteiger partial charge in [0.15, 0.2) is 17.3 Å². The van der Waals surface area contributed by atoms with Crippen molar-refractivity contribution in [1.82, 2.24) is 4.90 Å². The molecule has 1 fully saturated rings. The van der Waals surface area contributed by atoms with E-state index < -0.39 is 0 Å². The third-order valence-corrected chi connectivity index (χ3v) is 4.73. The highest BCUT2D eigenvalue weighted by Gasteiger charge is 2.24. The molecular weight excluding hydrogens is 373 g/mol. The number of Topliss-reactive ketones (excluding diaryl/α,β-unsaturated/α-hetero) is 1. The fourth-order valence-corrected chi connectivity index (χ4v) is 3.38. The van der Waals surface area contributed by atoms with Crippen molar-refractivity contribution in [3.8, 4) is 17.2 Å². The van der Waals surface area contributed by atoms with Crippen molar-refractivity contribution in [2.75, 3.05) is 41.5 Å². The maximum absolute atomic E-state index is 14.0. The van der Waals surface area contributed by atoms with Crippen molar-refractivity contribution in [3.63, 3.8) is 0 Å². The van der Waals surface area contributed by atoms with Gasteiger partial charge in [0.05, 0.1) is 21.3 Å². The second kappa shape index (κ2) is 8.92. The van der Waals surface area contributed by atoms with E-state index >= 15 is 0 Å². The molecule has 0 saturated carbocycles. The molecule has 1 saturated heterocycles. The Kier molecular flexibility index (Phi) is 6.34. The SMILES string of the molecule is COc1cc(/C=C2\CN(C)C/C(=C\c3ccccc3F)C2=O)cc(OC)c1OC. The van der Waals surface area contributed by atoms with E-state index in [0.717, 1.165) is 5.56 Å². The Balaban J connectivity index is 2.01. The molecule has 0 atom stereocenters. The zero-order valence-corrected chi connectivity index (χ0v) is 17.0. The summed E-state index contributed by atoms with van der Waals surface area (Å²) >= 11 is 0. The highest BCUT2D eigenvalue weighted by molar-refractivity contribution is 6.14. The zero-order chi connectivity index (χ0) is 21.0. The predicted octanol–water partition coefficient (Wildman–Crippen LogP) is 3.83. The smallest absolute Gasteiger partial charge is 0.203 e. The summed E-state index contributed by atoms with van der Waals surface area (Å²) in [5, 5.41) is 0. The molecule has 0 aliphatic carbocycles. The molecule has 3 rings (SSSR count). The number of hydrogen-bond donors (Lipinski definition) is 0. The monoisotopic (exact) mass is 397 g/mol. The highest BCUT2D eigenvalue weighted by Crippen LogP contribution is 2.39. The van der Waals surface area contributed by atoms with E-state index in [1.54, 1.807) is 56.7 Å². The van der Waals surface area contributed by atoms with Crippen LogP contribution in [0.5, 0.6) is 17.2 Å². The minimum atomic E-state index is -0.351. The quantitative estimate of drug-likeness (QED) is 0.718. The summed E-state index contributed by atoms with van der Waals surface area (Å²) < 4.78 is 30.1. The van der Waals surface area contributed by atoms with Crippen molar-refractivity contribution in [2.24, 2.45) is 0 Å². The van der Waals surface area contributed by atoms with E-state index in [0.29, 0.717) is 47.0 Å². The van der Waals surface area contributed by atoms with Crippen LogP contribution in [0.25, 0.3) is 12.2 Å². The van der Waals surface area contributed by atoms with Gasteiger partial charge in [-0.2, -0.15) is 0 Å². The van der Waals surface area contributed by atoms with Crippen LogP contribution in [-0.2, 0) is 4.79 Å². The third-order valence-electron chi connectivity index (χ3n) is 4.73. The van der Waals surface area contributed by atoms with Crippen LogP contribution in [0.15, 0.2) is 47.5 Å². The number of benzene rings is 2. The molecular formula is C23H24FNO4. The molecule has 0 aromatic heterocycles. The van der Waals surface area contributed by atoms with Crippen LogP contribution in [0.1, 0.15) is 11.1 Å². The Morgan fingerprint density at radius 1 is 0.931 bits per heavy atom. The summed E-state index contributed by atoms with van der Waals surface area (Å²) in [5.41, 5.74) is 2.31. The van der Waals surface area contributed by atoms with Crippen molar-refractivity contribution >= 4 is 17.9 Å². The average Bonchev–Trinajstić information content (AvgIpc) is 2.72. The van der Waals surface area contributed by atoms with E-state index in [9.17, 15) is 9.18 Å². The molecule has 2 aromatic rings. The fraction of sp³-hybridized carbons (Fsp3) is 0.261. The van der Waals surface area contributed by atoms with E-state index in [2.05, 4.69) is 0 Å². The molecule has 1 heterocycles. The van der Waals surface area contributed by atoms with Gasteiger partial charge in [0.2, 0.25) is 5.75 Å². The van der Waals surface area contributed by atoms with Crippen LogP contribution in [0, 0.1) is 5.82 Å². The van der Waals surface area contributed by atoms with Gasteiger partial charge in [-0.3, -0.25) is 9.69 Å².